The number of rotatable bonds is 5. The minimum atomic E-state index is -0.659. The number of hydrogen-bond donors (Lipinski definition) is 4. The van der Waals surface area contributed by atoms with Crippen LogP contribution < -0.4 is 21.1 Å². The molecule has 1 aliphatic heterocycles. The van der Waals surface area contributed by atoms with Crippen LogP contribution in [0.25, 0.3) is 11.5 Å². The number of nitrogens with zero attached hydrogens (tertiary/aromatic N) is 1. The predicted octanol–water partition coefficient (Wildman–Crippen LogP) is 3.81. The molecule has 0 aliphatic carbocycles. The second-order valence-electron chi connectivity index (χ2n) is 6.57. The maximum absolute atomic E-state index is 12.7. The predicted molar refractivity (Wildman–Crippen MR) is 119 cm³/mol. The molecular formula is C20H22Cl2N5O4+. The lowest BCUT2D eigenvalue weighted by atomic mass is 10.1. The highest BCUT2D eigenvalue weighted by molar-refractivity contribution is 6.44. The molecule has 164 valence electrons. The molecule has 4 rings (SSSR count). The fourth-order valence-corrected chi connectivity index (χ4v) is 3.45. The Kier molecular flexibility index (Phi) is 7.32. The Hall–Kier alpha value is -2.88. The number of H-pyrrole nitrogens is 2. The maximum Gasteiger partial charge on any atom is 0.434 e. The van der Waals surface area contributed by atoms with E-state index in [1.54, 1.807) is 32.0 Å². The summed E-state index contributed by atoms with van der Waals surface area (Å²) in [6.45, 7) is 8.25. The summed E-state index contributed by atoms with van der Waals surface area (Å²) >= 11 is 12.2. The average Bonchev–Trinajstić information content (AvgIpc) is 3.49. The van der Waals surface area contributed by atoms with Gasteiger partial charge >= 0.3 is 5.76 Å². The van der Waals surface area contributed by atoms with Crippen LogP contribution in [0.4, 0.5) is 5.69 Å². The van der Waals surface area contributed by atoms with E-state index in [9.17, 15) is 9.59 Å². The molecule has 3 aromatic rings. The number of ether oxygens (including phenoxy) is 1. The fraction of sp³-hybridized carbons (Fsp3) is 0.300. The normalized spacial score (nSPS) is 15.3. The zero-order chi connectivity index (χ0) is 22.5. The van der Waals surface area contributed by atoms with Crippen molar-refractivity contribution in [2.24, 2.45) is 0 Å². The van der Waals surface area contributed by atoms with Crippen molar-refractivity contribution in [3.63, 3.8) is 0 Å². The van der Waals surface area contributed by atoms with E-state index in [0.717, 1.165) is 13.0 Å². The molecule has 31 heavy (non-hydrogen) atoms. The van der Waals surface area contributed by atoms with Crippen molar-refractivity contribution in [3.05, 3.63) is 57.1 Å². The van der Waals surface area contributed by atoms with Crippen LogP contribution in [0.2, 0.25) is 10.0 Å². The largest absolute Gasteiger partial charge is 0.487 e. The molecule has 1 atom stereocenters. The Labute approximate surface area is 188 Å². The lowest BCUT2D eigenvalue weighted by molar-refractivity contribution is 0.102. The zero-order valence-electron chi connectivity index (χ0n) is 17.0. The summed E-state index contributed by atoms with van der Waals surface area (Å²) in [4.78, 5) is 26.8. The molecular weight excluding hydrogens is 445 g/mol. The zero-order valence-corrected chi connectivity index (χ0v) is 18.5. The van der Waals surface area contributed by atoms with Gasteiger partial charge in [-0.2, -0.15) is 0 Å². The Balaban J connectivity index is 0.00000132. The summed E-state index contributed by atoms with van der Waals surface area (Å²) in [6, 6.07) is 4.95. The summed E-state index contributed by atoms with van der Waals surface area (Å²) in [7, 11) is 0. The molecule has 1 unspecified atom stereocenters. The molecule has 1 fully saturated rings. The third-order valence-corrected chi connectivity index (χ3v) is 5.45. The highest BCUT2D eigenvalue weighted by Crippen LogP contribution is 2.33. The monoisotopic (exact) mass is 466 g/mol. The highest BCUT2D eigenvalue weighted by atomic mass is 35.5. The number of anilines is 1. The highest BCUT2D eigenvalue weighted by Gasteiger charge is 2.22. The van der Waals surface area contributed by atoms with Crippen molar-refractivity contribution in [1.29, 1.82) is 0 Å². The molecule has 0 spiro atoms. The van der Waals surface area contributed by atoms with Crippen LogP contribution in [0.1, 0.15) is 29.5 Å². The third kappa shape index (κ3) is 5.07. The molecule has 0 radical (unpaired) electrons. The van der Waals surface area contributed by atoms with Gasteiger partial charge in [-0.15, -0.1) is 5.10 Å². The molecule has 11 heteroatoms. The summed E-state index contributed by atoms with van der Waals surface area (Å²) in [5.41, 5.74) is 1.71. The Bertz CT molecular complexity index is 1120. The third-order valence-electron chi connectivity index (χ3n) is 4.50. The topological polar surface area (TPSA) is 125 Å². The number of aromatic amines is 2. The van der Waals surface area contributed by atoms with Gasteiger partial charge in [-0.05, 0) is 38.1 Å². The second kappa shape index (κ2) is 9.95. The van der Waals surface area contributed by atoms with E-state index in [2.05, 4.69) is 32.7 Å². The summed E-state index contributed by atoms with van der Waals surface area (Å²) in [5.74, 6) is -0.579. The fourth-order valence-electron chi connectivity index (χ4n) is 3.03. The van der Waals surface area contributed by atoms with Gasteiger partial charge in [0, 0.05) is 17.8 Å². The minimum absolute atomic E-state index is 0.0575. The number of benzene rings is 1. The van der Waals surface area contributed by atoms with E-state index >= 15 is 0 Å². The number of hydrogen-bond acceptors (Lipinski definition) is 6. The maximum atomic E-state index is 12.7. The van der Waals surface area contributed by atoms with Crippen molar-refractivity contribution < 1.29 is 13.9 Å². The van der Waals surface area contributed by atoms with Crippen molar-refractivity contribution >= 4 is 34.8 Å². The first-order valence-electron chi connectivity index (χ1n) is 9.55. The number of carbonyl (C=O) groups excluding carboxylic acids is 1. The molecule has 0 bridgehead atoms. The summed E-state index contributed by atoms with van der Waals surface area (Å²) < 4.78 is 11.1. The Morgan fingerprint density at radius 1 is 1.32 bits per heavy atom. The Morgan fingerprint density at radius 3 is 2.68 bits per heavy atom. The standard InChI is InChI=1S/C18H17Cl2N5O4.C2H5/c1-8-13(19)14(20)15(22-8)16(26)23-11-3-2-9(17-24-25-18(27)29-17)6-12(11)28-10-4-5-21-7-10;1-2/h2-3,6,10,21-22H,4-5,7H2,1H3,(H,23,26)(H,25,27);1H2,2H3/q;+1. The molecule has 3 heterocycles. The van der Waals surface area contributed by atoms with Crippen LogP contribution in [0.3, 0.4) is 0 Å². The summed E-state index contributed by atoms with van der Waals surface area (Å²) in [6.07, 6.45) is 0.768. The van der Waals surface area contributed by atoms with E-state index in [1.807, 2.05) is 0 Å². The van der Waals surface area contributed by atoms with Crippen LogP contribution in [0.5, 0.6) is 5.75 Å². The SMILES string of the molecule is Cc1[nH]c(C(=O)Nc2ccc(-c3n[nH]c(=O)o3)cc2OC2CCNC2)c(Cl)c1Cl.[CH2+]C. The smallest absolute Gasteiger partial charge is 0.434 e. The number of halogens is 2. The lowest BCUT2D eigenvalue weighted by Gasteiger charge is -2.17. The molecule has 9 nitrogen and oxygen atoms in total. The molecule has 2 aromatic heterocycles. The first-order valence-corrected chi connectivity index (χ1v) is 10.3. The number of aromatic nitrogens is 3. The minimum Gasteiger partial charge on any atom is -0.487 e. The van der Waals surface area contributed by atoms with E-state index in [1.165, 1.54) is 0 Å². The second-order valence-corrected chi connectivity index (χ2v) is 7.32. The number of carbonyl (C=O) groups is 1. The van der Waals surface area contributed by atoms with Gasteiger partial charge in [-0.3, -0.25) is 4.79 Å². The van der Waals surface area contributed by atoms with Gasteiger partial charge in [0.15, 0.2) is 0 Å². The van der Waals surface area contributed by atoms with Gasteiger partial charge in [0.1, 0.15) is 17.5 Å². The van der Waals surface area contributed by atoms with Gasteiger partial charge < -0.3 is 24.8 Å². The van der Waals surface area contributed by atoms with Gasteiger partial charge in [-0.25, -0.2) is 9.89 Å². The number of amides is 1. The van der Waals surface area contributed by atoms with Crippen LogP contribution in [0.15, 0.2) is 27.4 Å². The molecule has 1 saturated heterocycles. The molecule has 0 saturated carbocycles. The van der Waals surface area contributed by atoms with Crippen molar-refractivity contribution in [2.75, 3.05) is 18.4 Å². The average molecular weight is 467 g/mol. The van der Waals surface area contributed by atoms with Crippen LogP contribution >= 0.6 is 23.2 Å². The van der Waals surface area contributed by atoms with E-state index < -0.39 is 11.7 Å². The van der Waals surface area contributed by atoms with E-state index in [4.69, 9.17) is 32.4 Å². The number of nitrogens with one attached hydrogen (secondary N) is 4. The first kappa shape index (κ1) is 22.8. The van der Waals surface area contributed by atoms with Crippen molar-refractivity contribution in [3.8, 4) is 17.2 Å². The molecule has 1 aliphatic rings. The van der Waals surface area contributed by atoms with Crippen LogP contribution in [0, 0.1) is 13.8 Å². The van der Waals surface area contributed by atoms with Crippen molar-refractivity contribution in [1.82, 2.24) is 20.5 Å². The van der Waals surface area contributed by atoms with Crippen LogP contribution in [-0.4, -0.2) is 40.3 Å². The van der Waals surface area contributed by atoms with Gasteiger partial charge in [0.2, 0.25) is 5.89 Å². The van der Waals surface area contributed by atoms with Gasteiger partial charge in [0.25, 0.3) is 5.91 Å². The van der Waals surface area contributed by atoms with E-state index in [-0.39, 0.29) is 22.7 Å². The van der Waals surface area contributed by atoms with Gasteiger partial charge in [0.05, 0.1) is 29.6 Å². The lowest BCUT2D eigenvalue weighted by Crippen LogP contribution is -2.21. The van der Waals surface area contributed by atoms with Gasteiger partial charge in [-0.1, -0.05) is 23.2 Å². The summed E-state index contributed by atoms with van der Waals surface area (Å²) in [5, 5.41) is 12.5. The quantitative estimate of drug-likeness (QED) is 0.423. The molecule has 1 amide bonds. The molecule has 1 aromatic carbocycles. The first-order chi connectivity index (χ1) is 14.9. The molecule has 4 N–H and O–H groups in total. The van der Waals surface area contributed by atoms with Crippen molar-refractivity contribution in [2.45, 2.75) is 26.4 Å². The van der Waals surface area contributed by atoms with E-state index in [0.29, 0.717) is 34.3 Å². The van der Waals surface area contributed by atoms with Crippen LogP contribution in [-0.2, 0) is 0 Å². The Morgan fingerprint density at radius 2 is 2.10 bits per heavy atom. The number of aryl methyl sites for hydroxylation is 1.